The normalized spacial score (nSPS) is 13.2. The molecule has 0 radical (unpaired) electrons. The van der Waals surface area contributed by atoms with Crippen LogP contribution in [-0.4, -0.2) is 14.5 Å². The van der Waals surface area contributed by atoms with Crippen molar-refractivity contribution < 1.29 is 4.74 Å². The van der Waals surface area contributed by atoms with Gasteiger partial charge in [-0.15, -0.1) is 0 Å². The summed E-state index contributed by atoms with van der Waals surface area (Å²) in [5.41, 5.74) is 3.77. The van der Waals surface area contributed by atoms with Crippen LogP contribution in [0.25, 0.3) is 21.9 Å². The van der Waals surface area contributed by atoms with E-state index in [0.29, 0.717) is 18.9 Å². The minimum atomic E-state index is -0.102. The molecule has 128 valence electrons. The molecule has 0 amide bonds. The standard InChI is InChI=1S/C19H11Br2N3O2/c20-11-7-12(21)19-18-10(11)5-6-17(25)24(18)8-15-16(9-26-19)23-14-4-2-1-3-13(14)22-15/h1-7H,8-9H2. The Bertz CT molecular complexity index is 1270. The van der Waals surface area contributed by atoms with Gasteiger partial charge in [0.05, 0.1) is 33.3 Å². The second-order valence-corrected chi connectivity index (χ2v) is 7.79. The molecule has 0 bridgehead atoms. The molecule has 0 spiro atoms. The lowest BCUT2D eigenvalue weighted by atomic mass is 10.1. The van der Waals surface area contributed by atoms with Crippen molar-refractivity contribution in [1.82, 2.24) is 14.5 Å². The highest BCUT2D eigenvalue weighted by molar-refractivity contribution is 9.11. The average molecular weight is 473 g/mol. The van der Waals surface area contributed by atoms with Crippen LogP contribution in [0, 0.1) is 0 Å². The molecule has 0 atom stereocenters. The molecule has 0 unspecified atom stereocenters. The van der Waals surface area contributed by atoms with Gasteiger partial charge in [-0.1, -0.05) is 28.1 Å². The summed E-state index contributed by atoms with van der Waals surface area (Å²) in [5, 5.41) is 0.917. The summed E-state index contributed by atoms with van der Waals surface area (Å²) in [6.07, 6.45) is 0. The topological polar surface area (TPSA) is 57.0 Å². The van der Waals surface area contributed by atoms with E-state index in [9.17, 15) is 4.79 Å². The van der Waals surface area contributed by atoms with Crippen LogP contribution in [0.15, 0.2) is 56.2 Å². The SMILES string of the molecule is O=c1ccc2c(Br)cc(Br)c3c2n1Cc1nc2ccccc2nc1CO3. The number of hydrogen-bond acceptors (Lipinski definition) is 4. The Labute approximate surface area is 164 Å². The summed E-state index contributed by atoms with van der Waals surface area (Å²) in [6.45, 7) is 0.647. The number of fused-ring (bicyclic) bond motifs is 2. The Kier molecular flexibility index (Phi) is 3.62. The third-order valence-corrected chi connectivity index (χ3v) is 5.76. The fraction of sp³-hybridized carbons (Fsp3) is 0.105. The van der Waals surface area contributed by atoms with E-state index in [4.69, 9.17) is 14.7 Å². The average Bonchev–Trinajstić information content (AvgIpc) is 2.61. The molecule has 0 saturated carbocycles. The molecule has 3 heterocycles. The summed E-state index contributed by atoms with van der Waals surface area (Å²) in [5.74, 6) is 0.640. The van der Waals surface area contributed by atoms with Crippen molar-refractivity contribution in [3.8, 4) is 5.75 Å². The van der Waals surface area contributed by atoms with Crippen LogP contribution in [0.3, 0.4) is 0 Å². The summed E-state index contributed by atoms with van der Waals surface area (Å²) in [4.78, 5) is 22.1. The number of benzene rings is 2. The van der Waals surface area contributed by atoms with Crippen molar-refractivity contribution in [3.05, 3.63) is 73.2 Å². The largest absolute Gasteiger partial charge is 0.484 e. The minimum Gasteiger partial charge on any atom is -0.484 e. The second-order valence-electron chi connectivity index (χ2n) is 6.08. The lowest BCUT2D eigenvalue weighted by molar-refractivity contribution is 0.297. The summed E-state index contributed by atoms with van der Waals surface area (Å²) >= 11 is 7.13. The minimum absolute atomic E-state index is 0.102. The zero-order valence-corrected chi connectivity index (χ0v) is 16.5. The van der Waals surface area contributed by atoms with Gasteiger partial charge in [-0.3, -0.25) is 9.36 Å². The molecule has 0 saturated heterocycles. The molecule has 2 aromatic heterocycles. The number of rotatable bonds is 0. The Morgan fingerprint density at radius 3 is 2.46 bits per heavy atom. The van der Waals surface area contributed by atoms with Crippen LogP contribution in [-0.2, 0) is 13.2 Å². The van der Waals surface area contributed by atoms with Crippen LogP contribution in [0.2, 0.25) is 0 Å². The van der Waals surface area contributed by atoms with Gasteiger partial charge >= 0.3 is 0 Å². The van der Waals surface area contributed by atoms with Crippen molar-refractivity contribution in [3.63, 3.8) is 0 Å². The molecular weight excluding hydrogens is 462 g/mol. The van der Waals surface area contributed by atoms with Crippen molar-refractivity contribution in [2.45, 2.75) is 13.2 Å². The predicted molar refractivity (Wildman–Crippen MR) is 107 cm³/mol. The Morgan fingerprint density at radius 2 is 1.69 bits per heavy atom. The van der Waals surface area contributed by atoms with E-state index >= 15 is 0 Å². The number of para-hydroxylation sites is 2. The van der Waals surface area contributed by atoms with Gasteiger partial charge < -0.3 is 4.74 Å². The van der Waals surface area contributed by atoms with E-state index in [0.717, 1.165) is 42.3 Å². The molecule has 1 aliphatic heterocycles. The lowest BCUT2D eigenvalue weighted by Crippen LogP contribution is -2.24. The van der Waals surface area contributed by atoms with Crippen molar-refractivity contribution in [1.29, 1.82) is 0 Å². The molecule has 1 aliphatic rings. The molecule has 2 aromatic carbocycles. The third-order valence-electron chi connectivity index (χ3n) is 4.51. The number of ether oxygens (including phenoxy) is 1. The third kappa shape index (κ3) is 2.38. The van der Waals surface area contributed by atoms with Crippen LogP contribution in [0.5, 0.6) is 5.75 Å². The Morgan fingerprint density at radius 1 is 0.962 bits per heavy atom. The maximum Gasteiger partial charge on any atom is 0.251 e. The van der Waals surface area contributed by atoms with E-state index in [2.05, 4.69) is 31.9 Å². The van der Waals surface area contributed by atoms with Crippen LogP contribution < -0.4 is 10.3 Å². The lowest BCUT2D eigenvalue weighted by Gasteiger charge is -2.21. The molecule has 5 nitrogen and oxygen atoms in total. The van der Waals surface area contributed by atoms with Crippen LogP contribution >= 0.6 is 31.9 Å². The van der Waals surface area contributed by atoms with E-state index in [1.54, 1.807) is 10.6 Å². The second kappa shape index (κ2) is 5.89. The van der Waals surface area contributed by atoms with E-state index in [1.165, 1.54) is 0 Å². The predicted octanol–water partition coefficient (Wildman–Crippen LogP) is 4.41. The van der Waals surface area contributed by atoms with Gasteiger partial charge in [-0.25, -0.2) is 9.97 Å². The summed E-state index contributed by atoms with van der Waals surface area (Å²) in [7, 11) is 0. The van der Waals surface area contributed by atoms with Crippen LogP contribution in [0.4, 0.5) is 0 Å². The molecular formula is C19H11Br2N3O2. The molecule has 7 heteroatoms. The molecule has 0 N–H and O–H groups in total. The fourth-order valence-electron chi connectivity index (χ4n) is 3.28. The van der Waals surface area contributed by atoms with Gasteiger partial charge in [0.25, 0.3) is 5.56 Å². The quantitative estimate of drug-likeness (QED) is 0.380. The zero-order valence-electron chi connectivity index (χ0n) is 13.4. The first-order valence-electron chi connectivity index (χ1n) is 8.01. The van der Waals surface area contributed by atoms with Gasteiger partial charge in [0.1, 0.15) is 12.3 Å². The van der Waals surface area contributed by atoms with Gasteiger partial charge in [0, 0.05) is 15.9 Å². The Hall–Kier alpha value is -2.25. The first-order chi connectivity index (χ1) is 12.6. The molecule has 5 rings (SSSR count). The molecule has 0 aliphatic carbocycles. The summed E-state index contributed by atoms with van der Waals surface area (Å²) < 4.78 is 9.46. The van der Waals surface area contributed by atoms with Gasteiger partial charge in [-0.05, 0) is 40.2 Å². The monoisotopic (exact) mass is 471 g/mol. The maximum atomic E-state index is 12.6. The van der Waals surface area contributed by atoms with Crippen LogP contribution in [0.1, 0.15) is 11.4 Å². The highest BCUT2D eigenvalue weighted by Gasteiger charge is 2.21. The zero-order chi connectivity index (χ0) is 17.8. The highest BCUT2D eigenvalue weighted by Crippen LogP contribution is 2.39. The van der Waals surface area contributed by atoms with Crippen molar-refractivity contribution in [2.75, 3.05) is 0 Å². The molecule has 0 fully saturated rings. The number of nitrogens with zero attached hydrogens (tertiary/aromatic N) is 3. The molecule has 4 aromatic rings. The maximum absolute atomic E-state index is 12.6. The van der Waals surface area contributed by atoms with Gasteiger partial charge in [0.15, 0.2) is 5.75 Å². The Balaban J connectivity index is 1.85. The number of aromatic nitrogens is 3. The van der Waals surface area contributed by atoms with Crippen molar-refractivity contribution >= 4 is 53.8 Å². The first kappa shape index (κ1) is 16.0. The fourth-order valence-corrected chi connectivity index (χ4v) is 4.67. The van der Waals surface area contributed by atoms with E-state index in [1.807, 2.05) is 36.4 Å². The van der Waals surface area contributed by atoms with Crippen molar-refractivity contribution in [2.24, 2.45) is 0 Å². The van der Waals surface area contributed by atoms with E-state index < -0.39 is 0 Å². The summed E-state index contributed by atoms with van der Waals surface area (Å²) in [6, 6.07) is 13.0. The number of hydrogen-bond donors (Lipinski definition) is 0. The van der Waals surface area contributed by atoms with Gasteiger partial charge in [-0.2, -0.15) is 0 Å². The molecule has 26 heavy (non-hydrogen) atoms. The number of halogens is 2. The first-order valence-corrected chi connectivity index (χ1v) is 9.59. The number of pyridine rings is 1. The highest BCUT2D eigenvalue weighted by atomic mass is 79.9. The van der Waals surface area contributed by atoms with Gasteiger partial charge in [0.2, 0.25) is 0 Å². The van der Waals surface area contributed by atoms with E-state index in [-0.39, 0.29) is 5.56 Å². The smallest absolute Gasteiger partial charge is 0.251 e.